The zero-order chi connectivity index (χ0) is 15.4. The number of piperidine rings is 1. The van der Waals surface area contributed by atoms with Crippen molar-refractivity contribution in [3.63, 3.8) is 0 Å². The third-order valence-corrected chi connectivity index (χ3v) is 4.18. The lowest BCUT2D eigenvalue weighted by atomic mass is 10.00. The maximum atomic E-state index is 12.4. The highest BCUT2D eigenvalue weighted by Gasteiger charge is 2.29. The number of rotatable bonds is 2. The molecule has 0 radical (unpaired) electrons. The fraction of sp³-hybridized carbons (Fsp3) is 0.529. The Morgan fingerprint density at radius 1 is 1.29 bits per heavy atom. The maximum Gasteiger partial charge on any atom is 0.313 e. The number of amides is 2. The van der Waals surface area contributed by atoms with Crippen molar-refractivity contribution in [3.05, 3.63) is 29.3 Å². The van der Waals surface area contributed by atoms with Crippen molar-refractivity contribution in [2.45, 2.75) is 52.5 Å². The quantitative estimate of drug-likeness (QED) is 0.850. The van der Waals surface area contributed by atoms with Crippen LogP contribution in [0.1, 0.15) is 43.7 Å². The number of carbonyl (C=O) groups excluding carboxylic acids is 2. The summed E-state index contributed by atoms with van der Waals surface area (Å²) in [6, 6.07) is 5.98. The molecule has 0 spiro atoms. The van der Waals surface area contributed by atoms with Crippen molar-refractivity contribution in [1.29, 1.82) is 0 Å². The second-order valence-corrected chi connectivity index (χ2v) is 5.83. The van der Waals surface area contributed by atoms with Gasteiger partial charge in [0.2, 0.25) is 0 Å². The smallest absolute Gasteiger partial charge is 0.313 e. The number of anilines is 1. The van der Waals surface area contributed by atoms with Crippen LogP contribution in [0.5, 0.6) is 0 Å². The summed E-state index contributed by atoms with van der Waals surface area (Å²) in [7, 11) is 0. The van der Waals surface area contributed by atoms with Crippen molar-refractivity contribution in [1.82, 2.24) is 4.90 Å². The van der Waals surface area contributed by atoms with E-state index in [-0.39, 0.29) is 6.04 Å². The number of aryl methyl sites for hydroxylation is 2. The van der Waals surface area contributed by atoms with Gasteiger partial charge in [0, 0.05) is 18.3 Å². The van der Waals surface area contributed by atoms with E-state index < -0.39 is 11.8 Å². The van der Waals surface area contributed by atoms with Crippen LogP contribution in [-0.2, 0) is 9.59 Å². The number of nitrogens with zero attached hydrogens (tertiary/aromatic N) is 1. The molecule has 1 aromatic carbocycles. The number of likely N-dealkylation sites (tertiary alicyclic amines) is 1. The van der Waals surface area contributed by atoms with E-state index in [9.17, 15) is 9.59 Å². The Bertz CT molecular complexity index is 540. The molecule has 2 rings (SSSR count). The van der Waals surface area contributed by atoms with Gasteiger partial charge in [-0.25, -0.2) is 0 Å². The molecule has 0 aromatic heterocycles. The number of hydrogen-bond acceptors (Lipinski definition) is 2. The minimum absolute atomic E-state index is 0.205. The third-order valence-electron chi connectivity index (χ3n) is 4.18. The molecular weight excluding hydrogens is 264 g/mol. The standard InChI is InChI=1S/C17H24N2O2/c1-4-14-7-5-6-10-19(14)17(21)16(20)18-15-9-8-12(2)11-13(15)3/h8-9,11,14H,4-7,10H2,1-3H3,(H,18,20). The van der Waals surface area contributed by atoms with E-state index in [1.807, 2.05) is 32.0 Å². The second kappa shape index (κ2) is 6.74. The van der Waals surface area contributed by atoms with Crippen LogP contribution in [0.3, 0.4) is 0 Å². The first-order valence-electron chi connectivity index (χ1n) is 7.72. The molecule has 1 fully saturated rings. The van der Waals surface area contributed by atoms with E-state index in [2.05, 4.69) is 12.2 Å². The lowest BCUT2D eigenvalue weighted by Gasteiger charge is -2.34. The minimum Gasteiger partial charge on any atom is -0.331 e. The van der Waals surface area contributed by atoms with Gasteiger partial charge in [-0.15, -0.1) is 0 Å². The Labute approximate surface area is 126 Å². The molecule has 1 aliphatic heterocycles. The average molecular weight is 288 g/mol. The zero-order valence-corrected chi connectivity index (χ0v) is 13.1. The van der Waals surface area contributed by atoms with Gasteiger partial charge in [-0.2, -0.15) is 0 Å². The Morgan fingerprint density at radius 2 is 2.05 bits per heavy atom. The van der Waals surface area contributed by atoms with E-state index >= 15 is 0 Å². The number of benzene rings is 1. The van der Waals surface area contributed by atoms with E-state index in [0.717, 1.165) is 36.8 Å². The fourth-order valence-corrected chi connectivity index (χ4v) is 2.95. The van der Waals surface area contributed by atoms with Crippen molar-refractivity contribution < 1.29 is 9.59 Å². The molecule has 2 amide bonds. The summed E-state index contributed by atoms with van der Waals surface area (Å²) in [5.74, 6) is -0.927. The minimum atomic E-state index is -0.526. The first-order chi connectivity index (χ1) is 10.0. The van der Waals surface area contributed by atoms with Crippen molar-refractivity contribution in [3.8, 4) is 0 Å². The summed E-state index contributed by atoms with van der Waals surface area (Å²) < 4.78 is 0. The van der Waals surface area contributed by atoms with E-state index in [1.54, 1.807) is 4.90 Å². The molecule has 1 heterocycles. The topological polar surface area (TPSA) is 49.4 Å². The fourth-order valence-electron chi connectivity index (χ4n) is 2.95. The number of carbonyl (C=O) groups is 2. The van der Waals surface area contributed by atoms with Crippen LogP contribution < -0.4 is 5.32 Å². The van der Waals surface area contributed by atoms with Crippen molar-refractivity contribution in [2.75, 3.05) is 11.9 Å². The summed E-state index contributed by atoms with van der Waals surface area (Å²) >= 11 is 0. The van der Waals surface area contributed by atoms with Crippen LogP contribution in [0.4, 0.5) is 5.69 Å². The van der Waals surface area contributed by atoms with Crippen LogP contribution in [-0.4, -0.2) is 29.3 Å². The zero-order valence-electron chi connectivity index (χ0n) is 13.1. The molecule has 0 saturated carbocycles. The second-order valence-electron chi connectivity index (χ2n) is 5.83. The van der Waals surface area contributed by atoms with Gasteiger partial charge in [0.25, 0.3) is 0 Å². The predicted octanol–water partition coefficient (Wildman–Crippen LogP) is 3.03. The van der Waals surface area contributed by atoms with E-state index in [4.69, 9.17) is 0 Å². The largest absolute Gasteiger partial charge is 0.331 e. The molecule has 1 unspecified atom stereocenters. The Balaban J connectivity index is 2.06. The van der Waals surface area contributed by atoms with Gasteiger partial charge >= 0.3 is 11.8 Å². The number of hydrogen-bond donors (Lipinski definition) is 1. The average Bonchev–Trinajstić information content (AvgIpc) is 2.49. The first-order valence-corrected chi connectivity index (χ1v) is 7.72. The van der Waals surface area contributed by atoms with Gasteiger partial charge in [-0.3, -0.25) is 9.59 Å². The summed E-state index contributed by atoms with van der Waals surface area (Å²) in [6.45, 7) is 6.70. The molecule has 114 valence electrons. The molecule has 1 saturated heterocycles. The van der Waals surface area contributed by atoms with Gasteiger partial charge in [-0.05, 0) is 51.2 Å². The Hall–Kier alpha value is -1.84. The van der Waals surface area contributed by atoms with E-state index in [1.165, 1.54) is 0 Å². The summed E-state index contributed by atoms with van der Waals surface area (Å²) in [6.07, 6.45) is 4.03. The van der Waals surface area contributed by atoms with Gasteiger partial charge < -0.3 is 10.2 Å². The SMILES string of the molecule is CCC1CCCCN1C(=O)C(=O)Nc1ccc(C)cc1C. The normalized spacial score (nSPS) is 18.4. The molecule has 1 atom stereocenters. The molecule has 1 aromatic rings. The van der Waals surface area contributed by atoms with Gasteiger partial charge in [0.05, 0.1) is 0 Å². The molecule has 0 aliphatic carbocycles. The van der Waals surface area contributed by atoms with Crippen LogP contribution in [0, 0.1) is 13.8 Å². The van der Waals surface area contributed by atoms with Gasteiger partial charge in [0.15, 0.2) is 0 Å². The molecule has 0 bridgehead atoms. The van der Waals surface area contributed by atoms with Crippen LogP contribution in [0.2, 0.25) is 0 Å². The highest BCUT2D eigenvalue weighted by Crippen LogP contribution is 2.21. The van der Waals surface area contributed by atoms with Crippen LogP contribution in [0.15, 0.2) is 18.2 Å². The summed E-state index contributed by atoms with van der Waals surface area (Å²) in [5.41, 5.74) is 2.82. The van der Waals surface area contributed by atoms with Crippen molar-refractivity contribution in [2.24, 2.45) is 0 Å². The Kier molecular flexibility index (Phi) is 4.99. The number of nitrogens with one attached hydrogen (secondary N) is 1. The molecule has 4 heteroatoms. The molecule has 21 heavy (non-hydrogen) atoms. The maximum absolute atomic E-state index is 12.4. The highest BCUT2D eigenvalue weighted by molar-refractivity contribution is 6.39. The Morgan fingerprint density at radius 3 is 2.71 bits per heavy atom. The summed E-state index contributed by atoms with van der Waals surface area (Å²) in [4.78, 5) is 26.3. The van der Waals surface area contributed by atoms with Gasteiger partial charge in [-0.1, -0.05) is 24.6 Å². The third kappa shape index (κ3) is 3.63. The molecule has 1 aliphatic rings. The van der Waals surface area contributed by atoms with Crippen molar-refractivity contribution >= 4 is 17.5 Å². The van der Waals surface area contributed by atoms with Crippen LogP contribution in [0.25, 0.3) is 0 Å². The highest BCUT2D eigenvalue weighted by atomic mass is 16.2. The van der Waals surface area contributed by atoms with Crippen LogP contribution >= 0.6 is 0 Å². The van der Waals surface area contributed by atoms with Gasteiger partial charge in [0.1, 0.15) is 0 Å². The monoisotopic (exact) mass is 288 g/mol. The lowest BCUT2D eigenvalue weighted by Crippen LogP contribution is -2.48. The molecular formula is C17H24N2O2. The molecule has 1 N–H and O–H groups in total. The summed E-state index contributed by atoms with van der Waals surface area (Å²) in [5, 5.41) is 2.75. The predicted molar refractivity (Wildman–Crippen MR) is 84.2 cm³/mol. The molecule has 4 nitrogen and oxygen atoms in total. The lowest BCUT2D eigenvalue weighted by molar-refractivity contribution is -0.145. The van der Waals surface area contributed by atoms with E-state index in [0.29, 0.717) is 12.2 Å². The first kappa shape index (κ1) is 15.5.